The molecule has 1 atom stereocenters. The molecule has 0 saturated heterocycles. The monoisotopic (exact) mass is 345 g/mol. The van der Waals surface area contributed by atoms with Gasteiger partial charge in [0.15, 0.2) is 0 Å². The predicted octanol–water partition coefficient (Wildman–Crippen LogP) is 2.53. The van der Waals surface area contributed by atoms with E-state index >= 15 is 0 Å². The summed E-state index contributed by atoms with van der Waals surface area (Å²) in [7, 11) is 2.97. The minimum absolute atomic E-state index is 0.00990. The number of carbonyl (C=O) groups excluding carboxylic acids is 1. The Kier molecular flexibility index (Phi) is 7.00. The van der Waals surface area contributed by atoms with Crippen molar-refractivity contribution < 1.29 is 19.0 Å². The van der Waals surface area contributed by atoms with Gasteiger partial charge < -0.3 is 19.5 Å². The van der Waals surface area contributed by atoms with Crippen LogP contribution < -0.4 is 19.5 Å². The summed E-state index contributed by atoms with van der Waals surface area (Å²) in [5.41, 5.74) is 0.710. The molecular formula is C18H23N3O4. The second kappa shape index (κ2) is 9.46. The molecule has 1 N–H and O–H groups in total. The van der Waals surface area contributed by atoms with Gasteiger partial charge in [0.2, 0.25) is 17.9 Å². The average molecular weight is 345 g/mol. The van der Waals surface area contributed by atoms with Crippen LogP contribution in [0.4, 0.5) is 0 Å². The fraction of sp³-hybridized carbons (Fsp3) is 0.389. The van der Waals surface area contributed by atoms with Gasteiger partial charge in [-0.1, -0.05) is 43.7 Å². The van der Waals surface area contributed by atoms with E-state index in [0.717, 1.165) is 12.8 Å². The van der Waals surface area contributed by atoms with Crippen molar-refractivity contribution in [2.24, 2.45) is 0 Å². The van der Waals surface area contributed by atoms with Crippen molar-refractivity contribution >= 4 is 5.91 Å². The summed E-state index contributed by atoms with van der Waals surface area (Å²) in [5.74, 6) is 0.338. The van der Waals surface area contributed by atoms with Gasteiger partial charge in [-0.25, -0.2) is 0 Å². The van der Waals surface area contributed by atoms with Crippen molar-refractivity contribution in [3.8, 4) is 17.8 Å². The van der Waals surface area contributed by atoms with E-state index in [1.165, 1.54) is 20.3 Å². The number of rotatable bonds is 9. The Labute approximate surface area is 147 Å². The summed E-state index contributed by atoms with van der Waals surface area (Å²) in [6.45, 7) is 2.65. The molecule has 25 heavy (non-hydrogen) atoms. The summed E-state index contributed by atoms with van der Waals surface area (Å²) in [6, 6.07) is 10.8. The van der Waals surface area contributed by atoms with Crippen LogP contribution in [0.15, 0.2) is 36.4 Å². The molecule has 0 bridgehead atoms. The molecule has 0 aliphatic heterocycles. The largest absolute Gasteiger partial charge is 0.481 e. The fourth-order valence-electron chi connectivity index (χ4n) is 2.13. The highest BCUT2D eigenvalue weighted by Crippen LogP contribution is 2.24. The molecule has 1 heterocycles. The summed E-state index contributed by atoms with van der Waals surface area (Å²) in [5, 5.41) is 2.88. The fourth-order valence-corrected chi connectivity index (χ4v) is 2.13. The zero-order chi connectivity index (χ0) is 18.1. The molecule has 0 aliphatic carbocycles. The lowest BCUT2D eigenvalue weighted by molar-refractivity contribution is -0.128. The van der Waals surface area contributed by atoms with E-state index in [1.807, 2.05) is 30.3 Å². The first kappa shape index (κ1) is 18.5. The molecule has 1 aromatic carbocycles. The average Bonchev–Trinajstić information content (AvgIpc) is 2.66. The first-order chi connectivity index (χ1) is 12.2. The van der Waals surface area contributed by atoms with Crippen LogP contribution in [0.3, 0.4) is 0 Å². The summed E-state index contributed by atoms with van der Waals surface area (Å²) >= 11 is 0. The molecular weight excluding hydrogens is 322 g/mol. The maximum absolute atomic E-state index is 12.6. The molecule has 1 amide bonds. The van der Waals surface area contributed by atoms with E-state index in [-0.39, 0.29) is 11.9 Å². The Morgan fingerprint density at radius 3 is 2.32 bits per heavy atom. The molecule has 1 unspecified atom stereocenters. The topological polar surface area (TPSA) is 82.6 Å². The lowest BCUT2D eigenvalue weighted by Crippen LogP contribution is -2.33. The number of hydrogen-bond donors (Lipinski definition) is 1. The maximum atomic E-state index is 12.6. The van der Waals surface area contributed by atoms with Crippen LogP contribution in [0, 0.1) is 0 Å². The van der Waals surface area contributed by atoms with Crippen molar-refractivity contribution in [1.82, 2.24) is 15.3 Å². The van der Waals surface area contributed by atoms with Crippen molar-refractivity contribution in [3.05, 3.63) is 42.0 Å². The lowest BCUT2D eigenvalue weighted by atomic mass is 10.1. The van der Waals surface area contributed by atoms with Crippen LogP contribution in [-0.4, -0.2) is 36.6 Å². The van der Waals surface area contributed by atoms with Crippen LogP contribution in [0.2, 0.25) is 0 Å². The third-order valence-electron chi connectivity index (χ3n) is 3.47. The lowest BCUT2D eigenvalue weighted by Gasteiger charge is -2.18. The number of benzene rings is 1. The molecule has 0 fully saturated rings. The van der Waals surface area contributed by atoms with E-state index in [0.29, 0.717) is 23.9 Å². The van der Waals surface area contributed by atoms with Crippen LogP contribution in [0.25, 0.3) is 0 Å². The summed E-state index contributed by atoms with van der Waals surface area (Å²) in [6.07, 6.45) is 1.03. The predicted molar refractivity (Wildman–Crippen MR) is 92.9 cm³/mol. The van der Waals surface area contributed by atoms with Gasteiger partial charge in [0.1, 0.15) is 0 Å². The molecule has 7 nitrogen and oxygen atoms in total. The number of amides is 1. The number of unbranched alkanes of at least 4 members (excludes halogenated alkanes) is 1. The standard InChI is InChI=1S/C18H23N3O4/c1-4-5-11-19-17(22)16(13-9-7-6-8-10-13)25-18-20-14(23-2)12-15(21-18)24-3/h6-10,12,16H,4-5,11H2,1-3H3,(H,19,22). The summed E-state index contributed by atoms with van der Waals surface area (Å²) < 4.78 is 16.0. The molecule has 2 aromatic rings. The molecule has 2 rings (SSSR count). The van der Waals surface area contributed by atoms with E-state index in [4.69, 9.17) is 14.2 Å². The number of carbonyl (C=O) groups is 1. The number of nitrogens with one attached hydrogen (secondary N) is 1. The van der Waals surface area contributed by atoms with Gasteiger partial charge in [-0.15, -0.1) is 0 Å². The highest BCUT2D eigenvalue weighted by atomic mass is 16.5. The van der Waals surface area contributed by atoms with Gasteiger partial charge in [-0.05, 0) is 6.42 Å². The molecule has 0 saturated carbocycles. The number of aromatic nitrogens is 2. The van der Waals surface area contributed by atoms with E-state index < -0.39 is 6.10 Å². The third-order valence-corrected chi connectivity index (χ3v) is 3.47. The minimum Gasteiger partial charge on any atom is -0.481 e. The Balaban J connectivity index is 2.25. The molecule has 134 valence electrons. The number of hydrogen-bond acceptors (Lipinski definition) is 6. The van der Waals surface area contributed by atoms with E-state index in [2.05, 4.69) is 22.2 Å². The van der Waals surface area contributed by atoms with Crippen LogP contribution in [0.1, 0.15) is 31.4 Å². The van der Waals surface area contributed by atoms with Gasteiger partial charge in [0.05, 0.1) is 20.3 Å². The van der Waals surface area contributed by atoms with Gasteiger partial charge in [-0.3, -0.25) is 4.79 Å². The van der Waals surface area contributed by atoms with Crippen LogP contribution in [-0.2, 0) is 4.79 Å². The van der Waals surface area contributed by atoms with Crippen LogP contribution in [0.5, 0.6) is 17.8 Å². The molecule has 0 spiro atoms. The first-order valence-electron chi connectivity index (χ1n) is 8.14. The smallest absolute Gasteiger partial charge is 0.324 e. The van der Waals surface area contributed by atoms with E-state index in [1.54, 1.807) is 0 Å². The molecule has 7 heteroatoms. The second-order valence-corrected chi connectivity index (χ2v) is 5.29. The molecule has 0 aliphatic rings. The van der Waals surface area contributed by atoms with Gasteiger partial charge in [0.25, 0.3) is 5.91 Å². The second-order valence-electron chi connectivity index (χ2n) is 5.29. The Morgan fingerprint density at radius 1 is 1.12 bits per heavy atom. The Morgan fingerprint density at radius 2 is 1.76 bits per heavy atom. The zero-order valence-electron chi connectivity index (χ0n) is 14.7. The maximum Gasteiger partial charge on any atom is 0.324 e. The van der Waals surface area contributed by atoms with E-state index in [9.17, 15) is 4.79 Å². The van der Waals surface area contributed by atoms with Gasteiger partial charge in [0, 0.05) is 12.1 Å². The number of methoxy groups -OCH3 is 2. The number of ether oxygens (including phenoxy) is 3. The van der Waals surface area contributed by atoms with Crippen molar-refractivity contribution in [1.29, 1.82) is 0 Å². The van der Waals surface area contributed by atoms with Gasteiger partial charge >= 0.3 is 6.01 Å². The van der Waals surface area contributed by atoms with Crippen molar-refractivity contribution in [3.63, 3.8) is 0 Å². The Hall–Kier alpha value is -2.83. The van der Waals surface area contributed by atoms with Crippen molar-refractivity contribution in [2.45, 2.75) is 25.9 Å². The van der Waals surface area contributed by atoms with Crippen LogP contribution >= 0.6 is 0 Å². The van der Waals surface area contributed by atoms with Gasteiger partial charge in [-0.2, -0.15) is 9.97 Å². The molecule has 1 aromatic heterocycles. The zero-order valence-corrected chi connectivity index (χ0v) is 14.7. The highest BCUT2D eigenvalue weighted by molar-refractivity contribution is 5.82. The minimum atomic E-state index is -0.866. The normalized spacial score (nSPS) is 11.5. The quantitative estimate of drug-likeness (QED) is 0.703. The third kappa shape index (κ3) is 5.34. The number of nitrogens with zero attached hydrogens (tertiary/aromatic N) is 2. The van der Waals surface area contributed by atoms with Crippen molar-refractivity contribution in [2.75, 3.05) is 20.8 Å². The highest BCUT2D eigenvalue weighted by Gasteiger charge is 2.24. The summed E-state index contributed by atoms with van der Waals surface area (Å²) in [4.78, 5) is 20.8. The Bertz CT molecular complexity index is 657. The SMILES string of the molecule is CCCCNC(=O)C(Oc1nc(OC)cc(OC)n1)c1ccccc1. The molecule has 0 radical (unpaired) electrons. The first-order valence-corrected chi connectivity index (χ1v) is 8.14.